The van der Waals surface area contributed by atoms with Crippen molar-refractivity contribution in [3.63, 3.8) is 0 Å². The quantitative estimate of drug-likeness (QED) is 0.340. The number of benzene rings is 1. The molecule has 3 rings (SSSR count). The second-order valence-electron chi connectivity index (χ2n) is 8.83. The van der Waals surface area contributed by atoms with Gasteiger partial charge < -0.3 is 20.5 Å². The summed E-state index contributed by atoms with van der Waals surface area (Å²) in [4.78, 5) is 23.3. The molecule has 1 saturated heterocycles. The van der Waals surface area contributed by atoms with Crippen LogP contribution in [0.1, 0.15) is 55.0 Å². The molecule has 0 radical (unpaired) electrons. The van der Waals surface area contributed by atoms with Gasteiger partial charge in [0, 0.05) is 43.9 Å². The smallest absolute Gasteiger partial charge is 0.310 e. The molecule has 0 saturated carbocycles. The van der Waals surface area contributed by atoms with E-state index in [2.05, 4.69) is 39.2 Å². The molecule has 8 nitrogen and oxygen atoms in total. The fourth-order valence-electron chi connectivity index (χ4n) is 4.05. The van der Waals surface area contributed by atoms with Crippen molar-refractivity contribution in [3.05, 3.63) is 46.6 Å². The topological polar surface area (TPSA) is 103 Å². The number of aromatic nitrogens is 2. The molecule has 0 aliphatic carbocycles. The number of carbonyl (C=O) groups is 1. The van der Waals surface area contributed by atoms with E-state index in [0.29, 0.717) is 13.0 Å². The number of nitrogens with one attached hydrogen (secondary N) is 1. The van der Waals surface area contributed by atoms with Gasteiger partial charge in [0.1, 0.15) is 5.82 Å². The van der Waals surface area contributed by atoms with Gasteiger partial charge in [-0.25, -0.2) is 4.98 Å². The van der Waals surface area contributed by atoms with Gasteiger partial charge in [-0.2, -0.15) is 4.98 Å². The standard InChI is InChI=1S/C26H39N5O3/c1-3-4-5-11-28-25-23(20(2)29-26(27)30-25)18-21-7-9-22(10-8-21)19-24(32)34-15-6-12-31-13-16-33-17-14-31/h7-10H,3-6,11-19H2,1-2H3,(H3,27,28,29,30). The van der Waals surface area contributed by atoms with Gasteiger partial charge in [-0.1, -0.05) is 44.0 Å². The number of nitrogens with zero attached hydrogens (tertiary/aromatic N) is 3. The minimum atomic E-state index is -0.184. The van der Waals surface area contributed by atoms with Gasteiger partial charge in [-0.3, -0.25) is 9.69 Å². The lowest BCUT2D eigenvalue weighted by Gasteiger charge is -2.26. The summed E-state index contributed by atoms with van der Waals surface area (Å²) >= 11 is 0. The lowest BCUT2D eigenvalue weighted by molar-refractivity contribution is -0.143. The van der Waals surface area contributed by atoms with Gasteiger partial charge in [-0.05, 0) is 30.9 Å². The van der Waals surface area contributed by atoms with Crippen LogP contribution in [0.15, 0.2) is 24.3 Å². The first-order valence-electron chi connectivity index (χ1n) is 12.5. The summed E-state index contributed by atoms with van der Waals surface area (Å²) < 4.78 is 10.8. The van der Waals surface area contributed by atoms with Crippen molar-refractivity contribution in [3.8, 4) is 0 Å². The summed E-state index contributed by atoms with van der Waals surface area (Å²) in [5.41, 5.74) is 9.91. The van der Waals surface area contributed by atoms with E-state index in [1.165, 1.54) is 12.8 Å². The van der Waals surface area contributed by atoms with E-state index >= 15 is 0 Å². The normalized spacial score (nSPS) is 14.2. The third-order valence-electron chi connectivity index (χ3n) is 6.04. The minimum absolute atomic E-state index is 0.184. The molecular weight excluding hydrogens is 430 g/mol. The fourth-order valence-corrected chi connectivity index (χ4v) is 4.05. The number of anilines is 2. The van der Waals surface area contributed by atoms with Crippen LogP contribution in [0.25, 0.3) is 0 Å². The SMILES string of the molecule is CCCCCNc1nc(N)nc(C)c1Cc1ccc(CC(=O)OCCCN2CCOCC2)cc1. The average Bonchev–Trinajstić information content (AvgIpc) is 2.83. The number of nitrogens with two attached hydrogens (primary N) is 1. The monoisotopic (exact) mass is 469 g/mol. The summed E-state index contributed by atoms with van der Waals surface area (Å²) in [5, 5.41) is 3.43. The fraction of sp³-hybridized carbons (Fsp3) is 0.577. The molecule has 2 aromatic rings. The molecule has 34 heavy (non-hydrogen) atoms. The van der Waals surface area contributed by atoms with Crippen LogP contribution in [0.4, 0.5) is 11.8 Å². The predicted octanol–water partition coefficient (Wildman–Crippen LogP) is 3.37. The Morgan fingerprint density at radius 2 is 1.85 bits per heavy atom. The van der Waals surface area contributed by atoms with Gasteiger partial charge in [0.2, 0.25) is 5.95 Å². The summed E-state index contributed by atoms with van der Waals surface area (Å²) in [6.07, 6.45) is 5.29. The average molecular weight is 470 g/mol. The molecule has 1 aliphatic heterocycles. The van der Waals surface area contributed by atoms with Gasteiger partial charge >= 0.3 is 5.97 Å². The molecule has 2 heterocycles. The van der Waals surface area contributed by atoms with Crippen molar-refractivity contribution < 1.29 is 14.3 Å². The van der Waals surface area contributed by atoms with Crippen LogP contribution in [0.5, 0.6) is 0 Å². The molecule has 3 N–H and O–H groups in total. The van der Waals surface area contributed by atoms with E-state index in [1.807, 2.05) is 19.1 Å². The van der Waals surface area contributed by atoms with E-state index in [-0.39, 0.29) is 18.3 Å². The summed E-state index contributed by atoms with van der Waals surface area (Å²) in [5.74, 6) is 0.917. The number of ether oxygens (including phenoxy) is 2. The Bertz CT molecular complexity index is 898. The van der Waals surface area contributed by atoms with Crippen molar-refractivity contribution in [1.82, 2.24) is 14.9 Å². The number of nitrogen functional groups attached to an aromatic ring is 1. The van der Waals surface area contributed by atoms with E-state index < -0.39 is 0 Å². The molecule has 0 amide bonds. The summed E-state index contributed by atoms with van der Waals surface area (Å²) in [6.45, 7) is 9.91. The summed E-state index contributed by atoms with van der Waals surface area (Å²) in [7, 11) is 0. The maximum Gasteiger partial charge on any atom is 0.310 e. The highest BCUT2D eigenvalue weighted by atomic mass is 16.5. The van der Waals surface area contributed by atoms with Crippen molar-refractivity contribution in [2.75, 3.05) is 57.1 Å². The Morgan fingerprint density at radius 3 is 2.59 bits per heavy atom. The molecule has 8 heteroatoms. The second-order valence-corrected chi connectivity index (χ2v) is 8.83. The molecule has 1 aromatic carbocycles. The Hall–Kier alpha value is -2.71. The second kappa shape index (κ2) is 13.9. The maximum atomic E-state index is 12.2. The molecule has 186 valence electrons. The molecule has 0 spiro atoms. The molecule has 1 fully saturated rings. The number of hydrogen-bond acceptors (Lipinski definition) is 8. The maximum absolute atomic E-state index is 12.2. The molecule has 0 bridgehead atoms. The number of unbranched alkanes of at least 4 members (excludes halogenated alkanes) is 2. The number of morpholine rings is 1. The Kier molecular flexibility index (Phi) is 10.6. The molecule has 0 atom stereocenters. The highest BCUT2D eigenvalue weighted by molar-refractivity contribution is 5.72. The third-order valence-corrected chi connectivity index (χ3v) is 6.04. The number of esters is 1. The van der Waals surface area contributed by atoms with Crippen molar-refractivity contribution in [1.29, 1.82) is 0 Å². The largest absolute Gasteiger partial charge is 0.465 e. The third kappa shape index (κ3) is 8.57. The first-order chi connectivity index (χ1) is 16.5. The van der Waals surface area contributed by atoms with Gasteiger partial charge in [0.05, 0.1) is 26.2 Å². The molecular formula is C26H39N5O3. The van der Waals surface area contributed by atoms with Crippen LogP contribution in [-0.2, 0) is 27.1 Å². The molecule has 0 unspecified atom stereocenters. The molecule has 1 aromatic heterocycles. The number of aryl methyl sites for hydroxylation is 1. The van der Waals surface area contributed by atoms with Crippen molar-refractivity contribution in [2.45, 2.75) is 52.4 Å². The highest BCUT2D eigenvalue weighted by Crippen LogP contribution is 2.22. The van der Waals surface area contributed by atoms with Gasteiger partial charge in [0.25, 0.3) is 0 Å². The molecule has 1 aliphatic rings. The van der Waals surface area contributed by atoms with Crippen molar-refractivity contribution in [2.24, 2.45) is 0 Å². The van der Waals surface area contributed by atoms with Crippen LogP contribution in [0.2, 0.25) is 0 Å². The highest BCUT2D eigenvalue weighted by Gasteiger charge is 2.13. The number of rotatable bonds is 13. The Morgan fingerprint density at radius 1 is 1.12 bits per heavy atom. The van der Waals surface area contributed by atoms with Crippen LogP contribution in [0.3, 0.4) is 0 Å². The predicted molar refractivity (Wildman–Crippen MR) is 135 cm³/mol. The zero-order valence-electron chi connectivity index (χ0n) is 20.6. The number of hydrogen-bond donors (Lipinski definition) is 2. The van der Waals surface area contributed by atoms with Crippen LogP contribution in [0, 0.1) is 6.92 Å². The zero-order chi connectivity index (χ0) is 24.2. The van der Waals surface area contributed by atoms with Gasteiger partial charge in [0.15, 0.2) is 0 Å². The van der Waals surface area contributed by atoms with Crippen molar-refractivity contribution >= 4 is 17.7 Å². The Balaban J connectivity index is 1.48. The van der Waals surface area contributed by atoms with Gasteiger partial charge in [-0.15, -0.1) is 0 Å². The van der Waals surface area contributed by atoms with Crippen LogP contribution in [-0.4, -0.2) is 66.8 Å². The first-order valence-corrected chi connectivity index (χ1v) is 12.5. The first kappa shape index (κ1) is 25.9. The lowest BCUT2D eigenvalue weighted by Crippen LogP contribution is -2.37. The van der Waals surface area contributed by atoms with E-state index in [9.17, 15) is 4.79 Å². The van der Waals surface area contributed by atoms with Crippen LogP contribution >= 0.6 is 0 Å². The Labute approximate surface area is 203 Å². The van der Waals surface area contributed by atoms with E-state index in [4.69, 9.17) is 15.2 Å². The lowest BCUT2D eigenvalue weighted by atomic mass is 10.0. The zero-order valence-corrected chi connectivity index (χ0v) is 20.6. The summed E-state index contributed by atoms with van der Waals surface area (Å²) in [6, 6.07) is 8.09. The van der Waals surface area contributed by atoms with E-state index in [0.717, 1.165) is 80.4 Å². The van der Waals surface area contributed by atoms with E-state index in [1.54, 1.807) is 0 Å². The minimum Gasteiger partial charge on any atom is -0.465 e. The number of carbonyl (C=O) groups excluding carboxylic acids is 1. The van der Waals surface area contributed by atoms with Crippen LogP contribution < -0.4 is 11.1 Å².